The minimum atomic E-state index is -0.593. The Morgan fingerprint density at radius 2 is 1.48 bits per heavy atom. The highest BCUT2D eigenvalue weighted by Gasteiger charge is 2.15. The number of ether oxygens (including phenoxy) is 2. The van der Waals surface area contributed by atoms with Crippen molar-refractivity contribution in [3.8, 4) is 5.75 Å². The Bertz CT molecular complexity index is 1280. The lowest BCUT2D eigenvalue weighted by atomic mass is 10.2. The van der Waals surface area contributed by atoms with E-state index < -0.39 is 6.10 Å². The molecule has 2 aromatic carbocycles. The Balaban J connectivity index is 1.42. The molecule has 1 aromatic heterocycles. The van der Waals surface area contributed by atoms with Gasteiger partial charge in [0.2, 0.25) is 0 Å². The Morgan fingerprint density at radius 1 is 0.909 bits per heavy atom. The zero-order valence-corrected chi connectivity index (χ0v) is 18.2. The molecule has 3 aromatic rings. The van der Waals surface area contributed by atoms with Crippen LogP contribution < -0.4 is 26.6 Å². The van der Waals surface area contributed by atoms with E-state index in [0.29, 0.717) is 25.5 Å². The van der Waals surface area contributed by atoms with Gasteiger partial charge in [-0.05, 0) is 35.4 Å². The number of nitrogens with one attached hydrogen (secondary N) is 2. The first kappa shape index (κ1) is 22.7. The van der Waals surface area contributed by atoms with Gasteiger partial charge in [0, 0.05) is 19.6 Å². The number of nitrogens with zero attached hydrogens (tertiary/aromatic N) is 1. The van der Waals surface area contributed by atoms with Gasteiger partial charge in [0.05, 0.1) is 13.2 Å². The summed E-state index contributed by atoms with van der Waals surface area (Å²) in [5, 5.41) is 10.6. The summed E-state index contributed by atoms with van der Waals surface area (Å²) in [6, 6.07) is 16.4. The standard InChI is InChI=1S/C25H27N3O5/c29-20(16-28-10-12-32-13-11-28)17-33-21-8-6-19(7-9-21)15-23-25(31)26-22(24(30)27-23)14-18-4-2-1-3-5-18/h1-9,14-15,20,29H,10-13,16-17H2,(H,26,31)(H,27,30)/b22-14-,23-15-. The van der Waals surface area contributed by atoms with Gasteiger partial charge in [0.15, 0.2) is 0 Å². The summed E-state index contributed by atoms with van der Waals surface area (Å²) in [4.78, 5) is 32.3. The molecule has 33 heavy (non-hydrogen) atoms. The van der Waals surface area contributed by atoms with Crippen LogP contribution in [-0.2, 0) is 4.74 Å². The van der Waals surface area contributed by atoms with Gasteiger partial charge in [-0.2, -0.15) is 0 Å². The van der Waals surface area contributed by atoms with Crippen LogP contribution in [-0.4, -0.2) is 65.5 Å². The molecule has 8 nitrogen and oxygen atoms in total. The van der Waals surface area contributed by atoms with Gasteiger partial charge in [-0.25, -0.2) is 0 Å². The normalized spacial score (nSPS) is 16.6. The minimum absolute atomic E-state index is 0.166. The van der Waals surface area contributed by atoms with Gasteiger partial charge < -0.3 is 24.5 Å². The molecule has 8 heteroatoms. The zero-order valence-electron chi connectivity index (χ0n) is 18.2. The third-order valence-corrected chi connectivity index (χ3v) is 5.30. The molecule has 0 aliphatic carbocycles. The second-order valence-corrected chi connectivity index (χ2v) is 7.88. The van der Waals surface area contributed by atoms with Crippen LogP contribution in [0.15, 0.2) is 64.2 Å². The Hall–Kier alpha value is -3.46. The molecule has 1 atom stereocenters. The first-order valence-electron chi connectivity index (χ1n) is 10.9. The van der Waals surface area contributed by atoms with E-state index >= 15 is 0 Å². The quantitative estimate of drug-likeness (QED) is 0.461. The van der Waals surface area contributed by atoms with E-state index in [1.807, 2.05) is 30.3 Å². The van der Waals surface area contributed by atoms with Crippen LogP contribution in [0, 0.1) is 0 Å². The van der Waals surface area contributed by atoms with Crippen molar-refractivity contribution in [3.63, 3.8) is 0 Å². The Labute approximate surface area is 190 Å². The molecule has 1 unspecified atom stereocenters. The van der Waals surface area contributed by atoms with Crippen molar-refractivity contribution in [3.05, 3.63) is 97.1 Å². The van der Waals surface area contributed by atoms with Crippen LogP contribution in [0.2, 0.25) is 0 Å². The molecule has 172 valence electrons. The first-order chi connectivity index (χ1) is 16.1. The molecule has 0 bridgehead atoms. The zero-order chi connectivity index (χ0) is 23.0. The molecule has 0 amide bonds. The SMILES string of the molecule is O=c1[nH]/c(=C\c2ccc(OCC(O)CN3CCOCC3)cc2)c(=O)[nH]/c1=C\c1ccccc1. The molecular formula is C25H27N3O5. The molecule has 2 heterocycles. The summed E-state index contributed by atoms with van der Waals surface area (Å²) in [6.07, 6.45) is 2.64. The van der Waals surface area contributed by atoms with Gasteiger partial charge in [0.1, 0.15) is 29.2 Å². The first-order valence-corrected chi connectivity index (χ1v) is 10.9. The lowest BCUT2D eigenvalue weighted by molar-refractivity contribution is 0.00465. The van der Waals surface area contributed by atoms with Crippen LogP contribution in [0.3, 0.4) is 0 Å². The Morgan fingerprint density at radius 3 is 2.09 bits per heavy atom. The van der Waals surface area contributed by atoms with Crippen LogP contribution in [0.25, 0.3) is 12.2 Å². The highest BCUT2D eigenvalue weighted by molar-refractivity contribution is 5.50. The second-order valence-electron chi connectivity index (χ2n) is 7.88. The van der Waals surface area contributed by atoms with Crippen molar-refractivity contribution in [2.24, 2.45) is 0 Å². The summed E-state index contributed by atoms with van der Waals surface area (Å²) in [5.41, 5.74) is 0.792. The predicted molar refractivity (Wildman–Crippen MR) is 126 cm³/mol. The summed E-state index contributed by atoms with van der Waals surface area (Å²) >= 11 is 0. The number of morpholine rings is 1. The molecule has 0 saturated carbocycles. The number of rotatable bonds is 7. The van der Waals surface area contributed by atoms with Gasteiger partial charge in [-0.3, -0.25) is 14.5 Å². The molecule has 1 saturated heterocycles. The van der Waals surface area contributed by atoms with E-state index in [-0.39, 0.29) is 28.4 Å². The van der Waals surface area contributed by atoms with Gasteiger partial charge in [0.25, 0.3) is 11.1 Å². The molecule has 1 aliphatic heterocycles. The molecule has 0 radical (unpaired) electrons. The van der Waals surface area contributed by atoms with E-state index in [1.165, 1.54) is 0 Å². The number of H-pyrrole nitrogens is 2. The van der Waals surface area contributed by atoms with Crippen molar-refractivity contribution in [2.75, 3.05) is 39.5 Å². The highest BCUT2D eigenvalue weighted by atomic mass is 16.5. The number of hydrogen-bond donors (Lipinski definition) is 3. The molecule has 3 N–H and O–H groups in total. The number of aliphatic hydroxyl groups is 1. The third-order valence-electron chi connectivity index (χ3n) is 5.30. The average molecular weight is 450 g/mol. The number of benzene rings is 2. The largest absolute Gasteiger partial charge is 0.491 e. The number of aromatic amines is 2. The van der Waals surface area contributed by atoms with Crippen molar-refractivity contribution < 1.29 is 14.6 Å². The lowest BCUT2D eigenvalue weighted by Gasteiger charge is -2.28. The van der Waals surface area contributed by atoms with Crippen molar-refractivity contribution in [1.82, 2.24) is 14.9 Å². The van der Waals surface area contributed by atoms with Gasteiger partial charge in [-0.1, -0.05) is 42.5 Å². The summed E-state index contributed by atoms with van der Waals surface area (Å²) in [7, 11) is 0. The third kappa shape index (κ3) is 6.52. The van der Waals surface area contributed by atoms with Crippen LogP contribution in [0.4, 0.5) is 0 Å². The van der Waals surface area contributed by atoms with Crippen molar-refractivity contribution in [1.29, 1.82) is 0 Å². The predicted octanol–water partition coefficient (Wildman–Crippen LogP) is -0.207. The second kappa shape index (κ2) is 10.9. The minimum Gasteiger partial charge on any atom is -0.491 e. The maximum absolute atomic E-state index is 12.5. The topological polar surface area (TPSA) is 108 Å². The monoisotopic (exact) mass is 449 g/mol. The van der Waals surface area contributed by atoms with Crippen LogP contribution in [0.1, 0.15) is 11.1 Å². The van der Waals surface area contributed by atoms with Crippen LogP contribution in [0.5, 0.6) is 5.75 Å². The lowest BCUT2D eigenvalue weighted by Crippen LogP contribution is -2.46. The number of aromatic nitrogens is 2. The fraction of sp³-hybridized carbons (Fsp3) is 0.280. The molecule has 1 aliphatic rings. The molecule has 0 spiro atoms. The smallest absolute Gasteiger partial charge is 0.272 e. The summed E-state index contributed by atoms with van der Waals surface area (Å²) in [5.74, 6) is 0.614. The highest BCUT2D eigenvalue weighted by Crippen LogP contribution is 2.13. The Kier molecular flexibility index (Phi) is 7.51. The summed E-state index contributed by atoms with van der Waals surface area (Å²) in [6.45, 7) is 3.74. The van der Waals surface area contributed by atoms with Gasteiger partial charge >= 0.3 is 0 Å². The average Bonchev–Trinajstić information content (AvgIpc) is 2.83. The number of aliphatic hydroxyl groups excluding tert-OH is 1. The van der Waals surface area contributed by atoms with E-state index in [2.05, 4.69) is 14.9 Å². The van der Waals surface area contributed by atoms with Crippen LogP contribution >= 0.6 is 0 Å². The number of β-amino-alcohol motifs (C(OH)–C–C–N with tert-alkyl or cyclic N) is 1. The number of hydrogen-bond acceptors (Lipinski definition) is 6. The maximum atomic E-state index is 12.5. The van der Waals surface area contributed by atoms with E-state index in [4.69, 9.17) is 9.47 Å². The van der Waals surface area contributed by atoms with Crippen molar-refractivity contribution >= 4 is 12.2 Å². The fourth-order valence-corrected chi connectivity index (χ4v) is 3.57. The van der Waals surface area contributed by atoms with Gasteiger partial charge in [-0.15, -0.1) is 0 Å². The van der Waals surface area contributed by atoms with Crippen molar-refractivity contribution in [2.45, 2.75) is 6.10 Å². The van der Waals surface area contributed by atoms with E-state index in [0.717, 1.165) is 24.2 Å². The summed E-state index contributed by atoms with van der Waals surface area (Å²) < 4.78 is 11.0. The van der Waals surface area contributed by atoms with E-state index in [1.54, 1.807) is 36.4 Å². The van der Waals surface area contributed by atoms with E-state index in [9.17, 15) is 14.7 Å². The molecule has 4 rings (SSSR count). The molecule has 1 fully saturated rings. The molecular weight excluding hydrogens is 422 g/mol. The fourth-order valence-electron chi connectivity index (χ4n) is 3.57. The maximum Gasteiger partial charge on any atom is 0.272 e.